The second kappa shape index (κ2) is 54.7. The van der Waals surface area contributed by atoms with Crippen molar-refractivity contribution >= 4 is 17.9 Å². The fourth-order valence-electron chi connectivity index (χ4n) is 7.95. The smallest absolute Gasteiger partial charge is 0.306 e. The maximum absolute atomic E-state index is 12.8. The Morgan fingerprint density at radius 2 is 0.545 bits per heavy atom. The highest BCUT2D eigenvalue weighted by Crippen LogP contribution is 2.15. The zero-order valence-corrected chi connectivity index (χ0v) is 43.7. The molecule has 66 heavy (non-hydrogen) atoms. The van der Waals surface area contributed by atoms with Gasteiger partial charge in [-0.15, -0.1) is 0 Å². The molecule has 0 saturated heterocycles. The summed E-state index contributed by atoms with van der Waals surface area (Å²) < 4.78 is 16.8. The molecule has 0 aliphatic rings. The van der Waals surface area contributed by atoms with Gasteiger partial charge in [-0.2, -0.15) is 0 Å². The molecule has 382 valence electrons. The van der Waals surface area contributed by atoms with Crippen molar-refractivity contribution in [1.29, 1.82) is 0 Å². The van der Waals surface area contributed by atoms with E-state index in [9.17, 15) is 14.4 Å². The van der Waals surface area contributed by atoms with Gasteiger partial charge in [0.05, 0.1) is 0 Å². The zero-order chi connectivity index (χ0) is 47.9. The summed E-state index contributed by atoms with van der Waals surface area (Å²) in [5.41, 5.74) is 0. The summed E-state index contributed by atoms with van der Waals surface area (Å²) in [5, 5.41) is 0. The minimum atomic E-state index is -0.782. The van der Waals surface area contributed by atoms with Crippen LogP contribution >= 0.6 is 0 Å². The van der Waals surface area contributed by atoms with Gasteiger partial charge in [-0.1, -0.05) is 236 Å². The topological polar surface area (TPSA) is 78.9 Å². The molecule has 0 bridgehead atoms. The molecule has 0 amide bonds. The number of carbonyl (C=O) groups is 3. The normalized spacial score (nSPS) is 12.5. The summed E-state index contributed by atoms with van der Waals surface area (Å²) in [6, 6.07) is 0. The van der Waals surface area contributed by atoms with Gasteiger partial charge in [0.25, 0.3) is 0 Å². The number of rotatable bonds is 51. The highest BCUT2D eigenvalue weighted by molar-refractivity contribution is 5.71. The maximum Gasteiger partial charge on any atom is 0.306 e. The second-order valence-corrected chi connectivity index (χ2v) is 18.8. The lowest BCUT2D eigenvalue weighted by molar-refractivity contribution is -0.167. The maximum atomic E-state index is 12.8. The number of hydrogen-bond donors (Lipinski definition) is 0. The zero-order valence-electron chi connectivity index (χ0n) is 43.7. The van der Waals surface area contributed by atoms with Crippen LogP contribution < -0.4 is 0 Å². The van der Waals surface area contributed by atoms with Crippen molar-refractivity contribution in [2.45, 2.75) is 290 Å². The number of carbonyl (C=O) groups excluding carboxylic acids is 3. The summed E-state index contributed by atoms with van der Waals surface area (Å²) in [6.45, 7) is 6.59. The standard InChI is InChI=1S/C60H106O6/c1-4-7-10-13-16-19-22-24-26-28-30-32-33-35-38-41-44-47-50-53-59(62)65-56-57(55-64-58(61)52-49-46-43-40-37-21-18-15-12-9-6-3)66-60(63)54-51-48-45-42-39-36-34-31-29-27-25-23-20-17-14-11-8-5-2/h16,19-20,23-24,26-27,29-30,32,57H,4-15,17-18,21-22,25,28,31,33-56H2,1-3H3/b19-16-,23-20-,26-24-,29-27-,32-30-. The summed E-state index contributed by atoms with van der Waals surface area (Å²) in [4.78, 5) is 38.1. The fourth-order valence-corrected chi connectivity index (χ4v) is 7.95. The lowest BCUT2D eigenvalue weighted by Crippen LogP contribution is -2.30. The minimum Gasteiger partial charge on any atom is -0.462 e. The molecule has 0 aliphatic carbocycles. The van der Waals surface area contributed by atoms with Gasteiger partial charge >= 0.3 is 17.9 Å². The molecule has 0 N–H and O–H groups in total. The van der Waals surface area contributed by atoms with Crippen LogP contribution in [0.1, 0.15) is 284 Å². The Morgan fingerprint density at radius 1 is 0.303 bits per heavy atom. The Hall–Kier alpha value is -2.89. The van der Waals surface area contributed by atoms with E-state index in [1.54, 1.807) is 0 Å². The first-order valence-electron chi connectivity index (χ1n) is 28.3. The molecule has 6 heteroatoms. The van der Waals surface area contributed by atoms with Crippen molar-refractivity contribution < 1.29 is 28.6 Å². The first-order chi connectivity index (χ1) is 32.5. The Kier molecular flexibility index (Phi) is 52.3. The molecule has 1 unspecified atom stereocenters. The van der Waals surface area contributed by atoms with E-state index in [-0.39, 0.29) is 31.1 Å². The van der Waals surface area contributed by atoms with E-state index in [1.165, 1.54) is 154 Å². The van der Waals surface area contributed by atoms with Crippen molar-refractivity contribution in [1.82, 2.24) is 0 Å². The molecule has 1 atom stereocenters. The Bertz CT molecular complexity index is 1200. The average Bonchev–Trinajstić information content (AvgIpc) is 3.31. The Morgan fingerprint density at radius 3 is 0.894 bits per heavy atom. The molecule has 0 aromatic heterocycles. The van der Waals surface area contributed by atoms with Crippen LogP contribution in [-0.4, -0.2) is 37.2 Å². The van der Waals surface area contributed by atoms with E-state index in [2.05, 4.69) is 81.5 Å². The largest absolute Gasteiger partial charge is 0.462 e. The number of allylic oxidation sites excluding steroid dienone is 10. The second-order valence-electron chi connectivity index (χ2n) is 18.8. The molecular weight excluding hydrogens is 817 g/mol. The number of ether oxygens (including phenoxy) is 3. The van der Waals surface area contributed by atoms with E-state index >= 15 is 0 Å². The lowest BCUT2D eigenvalue weighted by atomic mass is 10.1. The fraction of sp³-hybridized carbons (Fsp3) is 0.783. The van der Waals surface area contributed by atoms with Crippen LogP contribution in [0.3, 0.4) is 0 Å². The van der Waals surface area contributed by atoms with E-state index in [0.717, 1.165) is 89.9 Å². The Balaban J connectivity index is 4.37. The van der Waals surface area contributed by atoms with Gasteiger partial charge in [0.1, 0.15) is 13.2 Å². The summed E-state index contributed by atoms with van der Waals surface area (Å²) in [7, 11) is 0. The number of hydrogen-bond acceptors (Lipinski definition) is 6. The first kappa shape index (κ1) is 63.1. The van der Waals surface area contributed by atoms with E-state index in [0.29, 0.717) is 19.3 Å². The third-order valence-electron chi connectivity index (χ3n) is 12.2. The van der Waals surface area contributed by atoms with Gasteiger partial charge in [0.15, 0.2) is 6.10 Å². The third-order valence-corrected chi connectivity index (χ3v) is 12.2. The van der Waals surface area contributed by atoms with Gasteiger partial charge in [0.2, 0.25) is 0 Å². The van der Waals surface area contributed by atoms with Gasteiger partial charge < -0.3 is 14.2 Å². The average molecular weight is 924 g/mol. The molecule has 0 radical (unpaired) electrons. The predicted molar refractivity (Wildman–Crippen MR) is 284 cm³/mol. The van der Waals surface area contributed by atoms with Gasteiger partial charge in [-0.3, -0.25) is 14.4 Å². The van der Waals surface area contributed by atoms with Crippen molar-refractivity contribution in [2.24, 2.45) is 0 Å². The van der Waals surface area contributed by atoms with Crippen molar-refractivity contribution in [2.75, 3.05) is 13.2 Å². The van der Waals surface area contributed by atoms with E-state index in [1.807, 2.05) is 0 Å². The van der Waals surface area contributed by atoms with Crippen LogP contribution in [0.2, 0.25) is 0 Å². The van der Waals surface area contributed by atoms with Crippen molar-refractivity contribution in [3.63, 3.8) is 0 Å². The highest BCUT2D eigenvalue weighted by Gasteiger charge is 2.19. The SMILES string of the molecule is CCCCC/C=C\C/C=C\C/C=C\CCCCCCCCC(=O)OCC(COC(=O)CCCCCCCCCCCCC)OC(=O)CCCCCCCCC/C=C\C/C=C\CCCCCC. The van der Waals surface area contributed by atoms with E-state index < -0.39 is 6.10 Å². The predicted octanol–water partition coefficient (Wildman–Crippen LogP) is 18.8. The van der Waals surface area contributed by atoms with Gasteiger partial charge in [-0.05, 0) is 89.9 Å². The van der Waals surface area contributed by atoms with Crippen LogP contribution in [0.15, 0.2) is 60.8 Å². The minimum absolute atomic E-state index is 0.0797. The van der Waals surface area contributed by atoms with Crippen LogP contribution in [0.25, 0.3) is 0 Å². The molecule has 0 saturated carbocycles. The van der Waals surface area contributed by atoms with Gasteiger partial charge in [-0.25, -0.2) is 0 Å². The van der Waals surface area contributed by atoms with Crippen LogP contribution in [0, 0.1) is 0 Å². The molecule has 0 heterocycles. The van der Waals surface area contributed by atoms with Crippen LogP contribution in [0.4, 0.5) is 0 Å². The molecule has 0 rings (SSSR count). The molecule has 0 aromatic rings. The quantitative estimate of drug-likeness (QED) is 0.0262. The highest BCUT2D eigenvalue weighted by atomic mass is 16.6. The third kappa shape index (κ3) is 52.1. The molecular formula is C60H106O6. The summed E-state index contributed by atoms with van der Waals surface area (Å²) in [5.74, 6) is -0.892. The first-order valence-corrected chi connectivity index (χ1v) is 28.3. The summed E-state index contributed by atoms with van der Waals surface area (Å²) >= 11 is 0. The molecule has 0 fully saturated rings. The monoisotopic (exact) mass is 923 g/mol. The number of unbranched alkanes of at least 4 members (excludes halogenated alkanes) is 30. The number of esters is 3. The van der Waals surface area contributed by atoms with Crippen LogP contribution in [0.5, 0.6) is 0 Å². The molecule has 6 nitrogen and oxygen atoms in total. The molecule has 0 aromatic carbocycles. The summed E-state index contributed by atoms with van der Waals surface area (Å²) in [6.07, 6.45) is 67.7. The lowest BCUT2D eigenvalue weighted by Gasteiger charge is -2.18. The Labute approximate surface area is 409 Å². The van der Waals surface area contributed by atoms with Crippen molar-refractivity contribution in [3.8, 4) is 0 Å². The van der Waals surface area contributed by atoms with Gasteiger partial charge in [0, 0.05) is 19.3 Å². The molecule has 0 spiro atoms. The van der Waals surface area contributed by atoms with Crippen LogP contribution in [-0.2, 0) is 28.6 Å². The molecule has 0 aliphatic heterocycles. The van der Waals surface area contributed by atoms with Crippen molar-refractivity contribution in [3.05, 3.63) is 60.8 Å². The van der Waals surface area contributed by atoms with E-state index in [4.69, 9.17) is 14.2 Å².